The van der Waals surface area contributed by atoms with Gasteiger partial charge in [-0.05, 0) is 17.7 Å². The monoisotopic (exact) mass is 306 g/mol. The van der Waals surface area contributed by atoms with Gasteiger partial charge in [-0.2, -0.15) is 5.10 Å². The van der Waals surface area contributed by atoms with Crippen molar-refractivity contribution in [2.75, 3.05) is 11.9 Å². The molecule has 0 atom stereocenters. The van der Waals surface area contributed by atoms with Gasteiger partial charge in [-0.1, -0.05) is 12.1 Å². The van der Waals surface area contributed by atoms with Crippen LogP contribution in [0.3, 0.4) is 0 Å². The second-order valence-corrected chi connectivity index (χ2v) is 4.06. The molecule has 0 spiro atoms. The number of nitrogens with zero attached hydrogens (tertiary/aromatic N) is 2. The van der Waals surface area contributed by atoms with E-state index >= 15 is 0 Å². The summed E-state index contributed by atoms with van der Waals surface area (Å²) in [6, 6.07) is 5.65. The molecule has 0 aliphatic rings. The minimum atomic E-state index is -0.750. The Morgan fingerprint density at radius 3 is 2.95 bits per heavy atom. The van der Waals surface area contributed by atoms with Gasteiger partial charge in [-0.25, -0.2) is 19.7 Å². The van der Waals surface area contributed by atoms with E-state index in [1.54, 1.807) is 6.07 Å². The third-order valence-corrected chi connectivity index (χ3v) is 2.38. The van der Waals surface area contributed by atoms with Crippen molar-refractivity contribution in [2.24, 2.45) is 5.10 Å². The summed E-state index contributed by atoms with van der Waals surface area (Å²) in [4.78, 5) is 35.5. The van der Waals surface area contributed by atoms with Crippen LogP contribution in [-0.2, 0) is 4.79 Å². The normalized spacial score (nSPS) is 10.6. The first-order valence-corrected chi connectivity index (χ1v) is 6.05. The second-order valence-electron chi connectivity index (χ2n) is 4.06. The van der Waals surface area contributed by atoms with E-state index in [9.17, 15) is 18.8 Å². The Balaban J connectivity index is 1.85. The lowest BCUT2D eigenvalue weighted by Gasteiger charge is -2.02. The van der Waals surface area contributed by atoms with Crippen molar-refractivity contribution in [1.82, 2.24) is 20.6 Å². The van der Waals surface area contributed by atoms with Crippen molar-refractivity contribution in [2.45, 2.75) is 0 Å². The maximum atomic E-state index is 12.9. The molecule has 4 N–H and O–H groups in total. The van der Waals surface area contributed by atoms with Gasteiger partial charge in [0.25, 0.3) is 11.5 Å². The van der Waals surface area contributed by atoms with E-state index in [4.69, 9.17) is 0 Å². The molecule has 1 aromatic carbocycles. The largest absolute Gasteiger partial charge is 0.355 e. The molecule has 22 heavy (non-hydrogen) atoms. The number of benzene rings is 1. The summed E-state index contributed by atoms with van der Waals surface area (Å²) >= 11 is 0. The van der Waals surface area contributed by atoms with Crippen LogP contribution in [0.25, 0.3) is 0 Å². The Bertz CT molecular complexity index is 813. The number of halogens is 1. The molecule has 0 fully saturated rings. The fourth-order valence-corrected chi connectivity index (χ4v) is 1.44. The van der Waals surface area contributed by atoms with Crippen molar-refractivity contribution in [3.8, 4) is 0 Å². The van der Waals surface area contributed by atoms with Gasteiger partial charge in [0.05, 0.1) is 12.8 Å². The number of H-pyrrole nitrogens is 2. The van der Waals surface area contributed by atoms with Crippen LogP contribution < -0.4 is 22.0 Å². The summed E-state index contributed by atoms with van der Waals surface area (Å²) in [6.07, 6.45) is 1.27. The zero-order valence-corrected chi connectivity index (χ0v) is 11.1. The van der Waals surface area contributed by atoms with Crippen molar-refractivity contribution < 1.29 is 9.18 Å². The smallest absolute Gasteiger partial charge is 0.342 e. The maximum absolute atomic E-state index is 12.9. The van der Waals surface area contributed by atoms with Gasteiger partial charge in [0.15, 0.2) is 0 Å². The average Bonchev–Trinajstić information content (AvgIpc) is 2.46. The second kappa shape index (κ2) is 6.92. The summed E-state index contributed by atoms with van der Waals surface area (Å²) in [5.74, 6) is -1.18. The summed E-state index contributed by atoms with van der Waals surface area (Å²) in [6.45, 7) is -0.289. The van der Waals surface area contributed by atoms with E-state index in [0.717, 1.165) is 0 Å². The molecule has 0 saturated heterocycles. The van der Waals surface area contributed by atoms with E-state index in [0.29, 0.717) is 5.56 Å². The lowest BCUT2D eigenvalue weighted by molar-refractivity contribution is -0.119. The van der Waals surface area contributed by atoms with Crippen LogP contribution in [0.2, 0.25) is 0 Å². The highest BCUT2D eigenvalue weighted by atomic mass is 19.1. The molecular formula is C12H11FN6O3. The number of hydrogen-bond donors (Lipinski definition) is 4. The molecule has 1 amide bonds. The standard InChI is InChI=1S/C12H11FN6O3/c13-8-3-1-2-7(4-8)5-15-17-9(20)6-14-10-11(21)16-12(22)19-18-10/h1-5H,6H2,(H,14,18)(H,17,20)(H2,16,19,21,22)/b15-5+. The maximum Gasteiger partial charge on any atom is 0.342 e. The van der Waals surface area contributed by atoms with Crippen LogP contribution in [0.4, 0.5) is 10.2 Å². The molecule has 0 aliphatic heterocycles. The van der Waals surface area contributed by atoms with Gasteiger partial charge < -0.3 is 5.32 Å². The molecule has 0 bridgehead atoms. The number of hydrazone groups is 1. The zero-order chi connectivity index (χ0) is 15.9. The van der Waals surface area contributed by atoms with Gasteiger partial charge in [0.1, 0.15) is 5.82 Å². The van der Waals surface area contributed by atoms with Gasteiger partial charge in [-0.15, -0.1) is 5.10 Å². The van der Waals surface area contributed by atoms with Gasteiger partial charge in [0.2, 0.25) is 5.82 Å². The van der Waals surface area contributed by atoms with Crippen LogP contribution in [0, 0.1) is 5.82 Å². The Labute approximate surface area is 122 Å². The van der Waals surface area contributed by atoms with Crippen LogP contribution in [-0.4, -0.2) is 33.8 Å². The summed E-state index contributed by atoms with van der Waals surface area (Å²) < 4.78 is 12.9. The number of nitrogens with one attached hydrogen (secondary N) is 4. The molecule has 10 heteroatoms. The molecule has 0 aliphatic carbocycles. The quantitative estimate of drug-likeness (QED) is 0.422. The van der Waals surface area contributed by atoms with Crippen molar-refractivity contribution in [3.05, 3.63) is 56.5 Å². The highest BCUT2D eigenvalue weighted by Gasteiger charge is 2.04. The van der Waals surface area contributed by atoms with Crippen LogP contribution in [0.15, 0.2) is 39.0 Å². The fourth-order valence-electron chi connectivity index (χ4n) is 1.44. The molecule has 0 radical (unpaired) electrons. The Hall–Kier alpha value is -3.30. The van der Waals surface area contributed by atoms with E-state index < -0.39 is 23.0 Å². The molecule has 9 nitrogen and oxygen atoms in total. The molecule has 0 saturated carbocycles. The highest BCUT2D eigenvalue weighted by molar-refractivity contribution is 5.84. The predicted molar refractivity (Wildman–Crippen MR) is 76.1 cm³/mol. The predicted octanol–water partition coefficient (Wildman–Crippen LogP) is -0.840. The van der Waals surface area contributed by atoms with E-state index in [1.165, 1.54) is 24.4 Å². The fraction of sp³-hybridized carbons (Fsp3) is 0.0833. The van der Waals surface area contributed by atoms with Crippen LogP contribution in [0.5, 0.6) is 0 Å². The average molecular weight is 306 g/mol. The molecule has 2 rings (SSSR count). The third-order valence-electron chi connectivity index (χ3n) is 2.38. The number of carbonyl (C=O) groups is 1. The molecule has 2 aromatic rings. The van der Waals surface area contributed by atoms with Gasteiger partial charge >= 0.3 is 5.69 Å². The number of aromatic amines is 2. The number of carbonyl (C=O) groups excluding carboxylic acids is 1. The number of rotatable bonds is 5. The van der Waals surface area contributed by atoms with Crippen molar-refractivity contribution in [3.63, 3.8) is 0 Å². The minimum absolute atomic E-state index is 0.205. The molecule has 1 heterocycles. The van der Waals surface area contributed by atoms with Gasteiger partial charge in [0, 0.05) is 0 Å². The SMILES string of the molecule is O=C(CNc1n[nH]c(=O)[nH]c1=O)N/N=C/c1cccc(F)c1. The van der Waals surface area contributed by atoms with Crippen LogP contribution >= 0.6 is 0 Å². The number of aromatic nitrogens is 3. The molecular weight excluding hydrogens is 295 g/mol. The Morgan fingerprint density at radius 2 is 2.23 bits per heavy atom. The first-order chi connectivity index (χ1) is 10.5. The molecule has 1 aromatic heterocycles. The summed E-state index contributed by atoms with van der Waals surface area (Å²) in [5, 5.41) is 11.5. The molecule has 114 valence electrons. The first-order valence-electron chi connectivity index (χ1n) is 6.05. The van der Waals surface area contributed by atoms with Crippen molar-refractivity contribution in [1.29, 1.82) is 0 Å². The van der Waals surface area contributed by atoms with E-state index in [-0.39, 0.29) is 12.4 Å². The van der Waals surface area contributed by atoms with Crippen LogP contribution in [0.1, 0.15) is 5.56 Å². The third kappa shape index (κ3) is 4.37. The number of anilines is 1. The lowest BCUT2D eigenvalue weighted by atomic mass is 10.2. The summed E-state index contributed by atoms with van der Waals surface area (Å²) in [7, 11) is 0. The Morgan fingerprint density at radius 1 is 1.41 bits per heavy atom. The zero-order valence-electron chi connectivity index (χ0n) is 11.1. The highest BCUT2D eigenvalue weighted by Crippen LogP contribution is 1.99. The number of amides is 1. The minimum Gasteiger partial charge on any atom is -0.355 e. The topological polar surface area (TPSA) is 132 Å². The first kappa shape index (κ1) is 15.1. The lowest BCUT2D eigenvalue weighted by Crippen LogP contribution is -2.31. The van der Waals surface area contributed by atoms with E-state index in [2.05, 4.69) is 20.9 Å². The Kier molecular flexibility index (Phi) is 4.75. The molecule has 0 unspecified atom stereocenters. The van der Waals surface area contributed by atoms with E-state index in [1.807, 2.05) is 10.1 Å². The van der Waals surface area contributed by atoms with Gasteiger partial charge in [-0.3, -0.25) is 14.6 Å². The number of hydrogen-bond acceptors (Lipinski definition) is 6. The van der Waals surface area contributed by atoms with Crippen molar-refractivity contribution >= 4 is 17.9 Å². The summed E-state index contributed by atoms with van der Waals surface area (Å²) in [5.41, 5.74) is 1.16.